The van der Waals surface area contributed by atoms with Gasteiger partial charge in [-0.25, -0.2) is 10.4 Å². The third-order valence-corrected chi connectivity index (χ3v) is 4.50. The molecule has 2 aliphatic rings. The number of carbonyl (C=O) groups excluding carboxylic acids is 2. The summed E-state index contributed by atoms with van der Waals surface area (Å²) in [5.74, 6) is -0.414. The summed E-state index contributed by atoms with van der Waals surface area (Å²) in [5.41, 5.74) is 3.04. The summed E-state index contributed by atoms with van der Waals surface area (Å²) >= 11 is 5.86. The van der Waals surface area contributed by atoms with Gasteiger partial charge in [-0.1, -0.05) is 18.5 Å². The number of hydrazine groups is 1. The molecule has 2 unspecified atom stereocenters. The van der Waals surface area contributed by atoms with Crippen LogP contribution >= 0.6 is 11.6 Å². The van der Waals surface area contributed by atoms with Crippen LogP contribution in [0.25, 0.3) is 0 Å². The van der Waals surface area contributed by atoms with E-state index in [1.165, 1.54) is 5.01 Å². The summed E-state index contributed by atoms with van der Waals surface area (Å²) in [4.78, 5) is 26.6. The number of halogens is 1. The van der Waals surface area contributed by atoms with Gasteiger partial charge in [0.15, 0.2) is 0 Å². The van der Waals surface area contributed by atoms with Crippen LogP contribution in [0.15, 0.2) is 24.3 Å². The van der Waals surface area contributed by atoms with Crippen LogP contribution in [0.3, 0.4) is 0 Å². The van der Waals surface area contributed by atoms with E-state index < -0.39 is 5.54 Å². The number of carbonyl (C=O) groups is 2. The van der Waals surface area contributed by atoms with Crippen LogP contribution in [-0.4, -0.2) is 35.8 Å². The summed E-state index contributed by atoms with van der Waals surface area (Å²) in [6, 6.07) is 7.00. The molecule has 0 radical (unpaired) electrons. The Hall–Kier alpha value is -1.59. The second kappa shape index (κ2) is 4.46. The number of likely N-dealkylation sites (N-methyl/N-ethyl adjacent to an activating group) is 1. The highest BCUT2D eigenvalue weighted by atomic mass is 35.5. The fourth-order valence-electron chi connectivity index (χ4n) is 3.09. The molecule has 2 saturated heterocycles. The average molecular weight is 294 g/mol. The van der Waals surface area contributed by atoms with E-state index in [9.17, 15) is 9.59 Å². The summed E-state index contributed by atoms with van der Waals surface area (Å²) in [6.07, 6.45) is 0.580. The first-order chi connectivity index (χ1) is 9.49. The van der Waals surface area contributed by atoms with Crippen LogP contribution in [0, 0.1) is 5.92 Å². The Morgan fingerprint density at radius 3 is 2.55 bits per heavy atom. The third-order valence-electron chi connectivity index (χ3n) is 4.25. The van der Waals surface area contributed by atoms with Gasteiger partial charge < -0.3 is 4.90 Å². The molecule has 5 nitrogen and oxygen atoms in total. The Labute approximate surface area is 122 Å². The highest BCUT2D eigenvalue weighted by Crippen LogP contribution is 2.39. The van der Waals surface area contributed by atoms with Crippen molar-refractivity contribution in [2.75, 3.05) is 18.6 Å². The van der Waals surface area contributed by atoms with Crippen molar-refractivity contribution < 1.29 is 9.59 Å². The normalized spacial score (nSPS) is 29.2. The second-order valence-electron chi connectivity index (χ2n) is 5.33. The number of amides is 2. The molecule has 0 saturated carbocycles. The maximum Gasteiger partial charge on any atom is 0.248 e. The zero-order valence-corrected chi connectivity index (χ0v) is 12.1. The number of nitrogens with one attached hydrogen (secondary N) is 1. The van der Waals surface area contributed by atoms with Gasteiger partial charge in [-0.3, -0.25) is 9.59 Å². The molecule has 0 bridgehead atoms. The number of rotatable bonds is 2. The average Bonchev–Trinajstić information content (AvgIpc) is 2.86. The molecule has 2 amide bonds. The lowest BCUT2D eigenvalue weighted by atomic mass is 9.86. The minimum atomic E-state index is -0.800. The van der Waals surface area contributed by atoms with Crippen LogP contribution in [-0.2, 0) is 9.59 Å². The first-order valence-corrected chi connectivity index (χ1v) is 7.00. The first kappa shape index (κ1) is 13.4. The predicted octanol–water partition coefficient (Wildman–Crippen LogP) is 1.43. The smallest absolute Gasteiger partial charge is 0.248 e. The second-order valence-corrected chi connectivity index (χ2v) is 5.76. The van der Waals surface area contributed by atoms with Gasteiger partial charge in [0.05, 0.1) is 11.6 Å². The molecule has 0 aromatic heterocycles. The molecule has 0 spiro atoms. The number of anilines is 1. The molecular weight excluding hydrogens is 278 g/mol. The van der Waals surface area contributed by atoms with Gasteiger partial charge in [0.2, 0.25) is 11.8 Å². The number of hydrogen-bond donors (Lipinski definition) is 1. The number of nitrogens with zero attached hydrogens (tertiary/aromatic N) is 2. The molecule has 6 heteroatoms. The van der Waals surface area contributed by atoms with Crippen LogP contribution in [0.5, 0.6) is 0 Å². The molecule has 2 heterocycles. The molecule has 2 atom stereocenters. The fourth-order valence-corrected chi connectivity index (χ4v) is 3.21. The molecule has 1 aromatic carbocycles. The molecule has 3 rings (SSSR count). The van der Waals surface area contributed by atoms with Crippen LogP contribution in [0.4, 0.5) is 5.69 Å². The van der Waals surface area contributed by atoms with Gasteiger partial charge in [0.1, 0.15) is 5.54 Å². The van der Waals surface area contributed by atoms with Crippen molar-refractivity contribution in [3.8, 4) is 0 Å². The maximum absolute atomic E-state index is 12.6. The van der Waals surface area contributed by atoms with Crippen molar-refractivity contribution in [3.05, 3.63) is 29.3 Å². The van der Waals surface area contributed by atoms with Crippen LogP contribution < -0.4 is 10.4 Å². The summed E-state index contributed by atoms with van der Waals surface area (Å²) in [5, 5.41) is 2.09. The SMILES string of the molecule is CCC12NN(c3ccc(Cl)cc3)C(=O)C1CN(C)C2=O. The van der Waals surface area contributed by atoms with Gasteiger partial charge in [-0.2, -0.15) is 0 Å². The van der Waals surface area contributed by atoms with E-state index >= 15 is 0 Å². The number of likely N-dealkylation sites (tertiary alicyclic amines) is 1. The van der Waals surface area contributed by atoms with Crippen molar-refractivity contribution in [2.45, 2.75) is 18.9 Å². The van der Waals surface area contributed by atoms with Crippen molar-refractivity contribution in [2.24, 2.45) is 5.92 Å². The Balaban J connectivity index is 1.97. The molecule has 1 aromatic rings. The van der Waals surface area contributed by atoms with Crippen LogP contribution in [0.1, 0.15) is 13.3 Å². The zero-order valence-electron chi connectivity index (χ0n) is 11.4. The zero-order chi connectivity index (χ0) is 14.5. The quantitative estimate of drug-likeness (QED) is 0.897. The van der Waals surface area contributed by atoms with Crippen molar-refractivity contribution in [1.82, 2.24) is 10.3 Å². The lowest BCUT2D eigenvalue weighted by Gasteiger charge is -2.26. The Bertz CT molecular complexity index is 574. The van der Waals surface area contributed by atoms with Gasteiger partial charge >= 0.3 is 0 Å². The number of fused-ring (bicyclic) bond motifs is 1. The minimum absolute atomic E-state index is 0.0187. The van der Waals surface area contributed by atoms with Gasteiger partial charge in [-0.15, -0.1) is 0 Å². The Morgan fingerprint density at radius 2 is 2.00 bits per heavy atom. The van der Waals surface area contributed by atoms with Crippen molar-refractivity contribution >= 4 is 29.1 Å². The van der Waals surface area contributed by atoms with Crippen molar-refractivity contribution in [1.29, 1.82) is 0 Å². The van der Waals surface area contributed by atoms with Gasteiger partial charge in [0, 0.05) is 18.6 Å². The summed E-state index contributed by atoms with van der Waals surface area (Å²) in [7, 11) is 1.74. The van der Waals surface area contributed by atoms with Crippen LogP contribution in [0.2, 0.25) is 5.02 Å². The lowest BCUT2D eigenvalue weighted by Crippen LogP contribution is -2.53. The molecule has 2 fully saturated rings. The third kappa shape index (κ3) is 1.66. The minimum Gasteiger partial charge on any atom is -0.343 e. The molecule has 1 N–H and O–H groups in total. The van der Waals surface area contributed by atoms with Gasteiger partial charge in [0.25, 0.3) is 0 Å². The van der Waals surface area contributed by atoms with E-state index in [1.807, 2.05) is 6.92 Å². The largest absolute Gasteiger partial charge is 0.343 e. The molecule has 20 heavy (non-hydrogen) atoms. The summed E-state index contributed by atoms with van der Waals surface area (Å²) < 4.78 is 0. The van der Waals surface area contributed by atoms with E-state index in [2.05, 4.69) is 5.43 Å². The first-order valence-electron chi connectivity index (χ1n) is 6.62. The molecule has 2 aliphatic heterocycles. The Kier molecular flexibility index (Phi) is 2.99. The van der Waals surface area contributed by atoms with E-state index in [0.717, 1.165) is 0 Å². The monoisotopic (exact) mass is 293 g/mol. The molecule has 0 aliphatic carbocycles. The summed E-state index contributed by atoms with van der Waals surface area (Å²) in [6.45, 7) is 2.39. The van der Waals surface area contributed by atoms with Crippen molar-refractivity contribution in [3.63, 3.8) is 0 Å². The van der Waals surface area contributed by atoms with E-state index in [1.54, 1.807) is 36.2 Å². The Morgan fingerprint density at radius 1 is 1.35 bits per heavy atom. The van der Waals surface area contributed by atoms with E-state index in [-0.39, 0.29) is 17.7 Å². The molecular formula is C14H16ClN3O2. The lowest BCUT2D eigenvalue weighted by molar-refractivity contribution is -0.132. The van der Waals surface area contributed by atoms with Gasteiger partial charge in [-0.05, 0) is 30.7 Å². The van der Waals surface area contributed by atoms with E-state index in [4.69, 9.17) is 11.6 Å². The maximum atomic E-state index is 12.6. The predicted molar refractivity (Wildman–Crippen MR) is 76.2 cm³/mol. The fraction of sp³-hybridized carbons (Fsp3) is 0.429. The number of benzene rings is 1. The highest BCUT2D eigenvalue weighted by molar-refractivity contribution is 6.30. The topological polar surface area (TPSA) is 52.7 Å². The highest BCUT2D eigenvalue weighted by Gasteiger charge is 2.61. The molecule has 106 valence electrons. The van der Waals surface area contributed by atoms with E-state index in [0.29, 0.717) is 23.7 Å². The number of hydrogen-bond acceptors (Lipinski definition) is 3. The standard InChI is InChI=1S/C14H16ClN3O2/c1-3-14-11(8-17(2)13(14)20)12(19)18(16-14)10-6-4-9(15)5-7-10/h4-7,11,16H,3,8H2,1-2H3.